The van der Waals surface area contributed by atoms with E-state index in [2.05, 4.69) is 16.4 Å². The summed E-state index contributed by atoms with van der Waals surface area (Å²) in [5.74, 6) is -1.31. The maximum atomic E-state index is 13.7. The number of halogens is 1. The molecule has 15 nitrogen and oxygen atoms in total. The second-order valence-electron chi connectivity index (χ2n) is 12.7. The maximum absolute atomic E-state index is 13.7. The minimum absolute atomic E-state index is 0.0152. The number of benzene rings is 1. The highest BCUT2D eigenvalue weighted by Gasteiger charge is 2.45. The first kappa shape index (κ1) is 37.5. The van der Waals surface area contributed by atoms with E-state index in [-0.39, 0.29) is 35.7 Å². The van der Waals surface area contributed by atoms with Gasteiger partial charge in [-0.25, -0.2) is 14.3 Å². The number of para-hydroxylation sites is 1. The van der Waals surface area contributed by atoms with E-state index in [1.165, 1.54) is 37.7 Å². The molecule has 0 radical (unpaired) electrons. The summed E-state index contributed by atoms with van der Waals surface area (Å²) in [5.41, 5.74) is -0.0218. The summed E-state index contributed by atoms with van der Waals surface area (Å²) < 4.78 is 47.8. The van der Waals surface area contributed by atoms with Gasteiger partial charge in [0, 0.05) is 17.6 Å². The number of nitrogens with zero attached hydrogens (tertiary/aromatic N) is 3. The average molecular weight is 735 g/mol. The van der Waals surface area contributed by atoms with Crippen molar-refractivity contribution in [2.75, 3.05) is 38.6 Å². The minimum Gasteiger partial charge on any atom is -0.469 e. The summed E-state index contributed by atoms with van der Waals surface area (Å²) in [6.07, 6.45) is -0.0105. The molecule has 0 bridgehead atoms. The topological polar surface area (TPSA) is 201 Å². The van der Waals surface area contributed by atoms with E-state index in [1.54, 1.807) is 30.5 Å². The molecule has 5 atom stereocenters. The molecule has 1 aliphatic carbocycles. The number of esters is 2. The number of ether oxygens (including phenoxy) is 4. The fourth-order valence-electron chi connectivity index (χ4n) is 5.77. The molecule has 0 spiro atoms. The zero-order valence-electron chi connectivity index (χ0n) is 27.8. The number of carbonyl (C=O) groups excluding carboxylic acids is 2. The van der Waals surface area contributed by atoms with Crippen LogP contribution >= 0.6 is 19.2 Å². The van der Waals surface area contributed by atoms with Gasteiger partial charge in [0.25, 0.3) is 0 Å². The molecule has 1 saturated heterocycles. The monoisotopic (exact) mass is 734 g/mol. The molecule has 5 rings (SSSR count). The quantitative estimate of drug-likeness (QED) is 0.112. The van der Waals surface area contributed by atoms with Crippen molar-refractivity contribution in [3.8, 4) is 11.8 Å². The van der Waals surface area contributed by atoms with E-state index < -0.39 is 62.4 Å². The van der Waals surface area contributed by atoms with Crippen LogP contribution in [0.1, 0.15) is 51.3 Å². The van der Waals surface area contributed by atoms with Crippen molar-refractivity contribution in [3.63, 3.8) is 0 Å². The largest absolute Gasteiger partial charge is 0.469 e. The Morgan fingerprint density at radius 1 is 1.18 bits per heavy atom. The molecule has 3 aromatic rings. The zero-order valence-corrected chi connectivity index (χ0v) is 29.5. The third kappa shape index (κ3) is 8.58. The zero-order chi connectivity index (χ0) is 36.1. The SMILES string of the molecule is COC(=O)C(C)(C)COC(=O)COP(=O)(COC[C@H]1O[C@@H](n2ccc3c(NC4CCCC4)c(C#N)c(Cl)nc32)[C@H](O)[C@@H]1O)Oc1ccccc1. The third-order valence-electron chi connectivity index (χ3n) is 8.47. The Balaban J connectivity index is 1.25. The van der Waals surface area contributed by atoms with Crippen molar-refractivity contribution in [2.45, 2.75) is 70.1 Å². The highest BCUT2D eigenvalue weighted by Crippen LogP contribution is 2.48. The number of hydrogen-bond acceptors (Lipinski definition) is 14. The molecule has 3 heterocycles. The Kier molecular flexibility index (Phi) is 12.1. The van der Waals surface area contributed by atoms with Gasteiger partial charge in [-0.15, -0.1) is 0 Å². The van der Waals surface area contributed by atoms with Crippen molar-refractivity contribution in [2.24, 2.45) is 5.41 Å². The number of aromatic nitrogens is 2. The van der Waals surface area contributed by atoms with Crippen LogP contribution in [0.15, 0.2) is 42.6 Å². The number of methoxy groups -OCH3 is 1. The van der Waals surface area contributed by atoms with Crippen LogP contribution in [-0.2, 0) is 37.6 Å². The number of aliphatic hydroxyl groups excluding tert-OH is 2. The van der Waals surface area contributed by atoms with Crippen molar-refractivity contribution in [1.29, 1.82) is 5.26 Å². The number of carbonyl (C=O) groups is 2. The van der Waals surface area contributed by atoms with Gasteiger partial charge in [0.2, 0.25) is 0 Å². The van der Waals surface area contributed by atoms with E-state index >= 15 is 0 Å². The van der Waals surface area contributed by atoms with Gasteiger partial charge in [0.1, 0.15) is 47.9 Å². The van der Waals surface area contributed by atoms with Crippen molar-refractivity contribution < 1.29 is 52.4 Å². The number of aliphatic hydroxyl groups is 2. The minimum atomic E-state index is -4.18. The number of nitrogens with one attached hydrogen (secondary N) is 1. The number of nitriles is 1. The first-order valence-corrected chi connectivity index (χ1v) is 18.1. The van der Waals surface area contributed by atoms with Crippen LogP contribution in [0.3, 0.4) is 0 Å². The number of pyridine rings is 1. The van der Waals surface area contributed by atoms with Gasteiger partial charge < -0.3 is 43.6 Å². The lowest BCUT2D eigenvalue weighted by molar-refractivity contribution is -0.160. The highest BCUT2D eigenvalue weighted by atomic mass is 35.5. The molecule has 1 aromatic carbocycles. The molecule has 1 unspecified atom stereocenters. The summed E-state index contributed by atoms with van der Waals surface area (Å²) in [7, 11) is -2.96. The first-order chi connectivity index (χ1) is 23.9. The van der Waals surface area contributed by atoms with Crippen LogP contribution in [0.4, 0.5) is 5.69 Å². The van der Waals surface area contributed by atoms with Gasteiger partial charge in [0.15, 0.2) is 24.3 Å². The van der Waals surface area contributed by atoms with Crippen LogP contribution in [0.25, 0.3) is 11.0 Å². The standard InChI is InChI=1S/C33H40ClN4O11P/c1-33(2,32(42)44-3)18-46-25(39)17-47-50(43,49-21-11-5-4-6-12-21)19-45-16-24-27(40)28(41)31(48-24)38-14-13-22-26(36-20-9-7-8-10-20)23(15-35)29(34)37-30(22)38/h4-6,11-14,20,24,27-28,31,40-41H,7-10,16-19H2,1-3H3,(H,36,37)/t24-,27-,28-,31-,50?/m1/s1. The lowest BCUT2D eigenvalue weighted by Crippen LogP contribution is -2.34. The molecule has 2 aromatic heterocycles. The van der Waals surface area contributed by atoms with Crippen LogP contribution in [-0.4, -0.2) is 89.3 Å². The van der Waals surface area contributed by atoms with E-state index in [0.29, 0.717) is 16.7 Å². The Morgan fingerprint density at radius 2 is 1.90 bits per heavy atom. The molecular weight excluding hydrogens is 695 g/mol. The van der Waals surface area contributed by atoms with Crippen molar-refractivity contribution in [3.05, 3.63) is 53.3 Å². The van der Waals surface area contributed by atoms with Gasteiger partial charge in [0.05, 0.1) is 24.8 Å². The Hall–Kier alpha value is -3.74. The van der Waals surface area contributed by atoms with Gasteiger partial charge in [-0.2, -0.15) is 5.26 Å². The molecule has 3 N–H and O–H groups in total. The van der Waals surface area contributed by atoms with E-state index in [1.807, 2.05) is 0 Å². The van der Waals surface area contributed by atoms with E-state index in [0.717, 1.165) is 25.7 Å². The van der Waals surface area contributed by atoms with Crippen LogP contribution in [0.5, 0.6) is 5.75 Å². The van der Waals surface area contributed by atoms with Gasteiger partial charge in [-0.1, -0.05) is 42.6 Å². The number of hydrogen-bond donors (Lipinski definition) is 3. The van der Waals surface area contributed by atoms with Crippen molar-refractivity contribution in [1.82, 2.24) is 9.55 Å². The fourth-order valence-corrected chi connectivity index (χ4v) is 7.24. The Labute approximate surface area is 293 Å². The molecule has 1 aliphatic heterocycles. The van der Waals surface area contributed by atoms with Gasteiger partial charge in [-0.05, 0) is 44.9 Å². The molecule has 2 aliphatic rings. The summed E-state index contributed by atoms with van der Waals surface area (Å²) in [6, 6.07) is 12.1. The highest BCUT2D eigenvalue weighted by molar-refractivity contribution is 7.54. The fraction of sp³-hybridized carbons (Fsp3) is 0.515. The average Bonchev–Trinajstić information content (AvgIpc) is 3.83. The van der Waals surface area contributed by atoms with Gasteiger partial charge >= 0.3 is 19.5 Å². The second-order valence-corrected chi connectivity index (χ2v) is 15.0. The second kappa shape index (κ2) is 16.1. The van der Waals surface area contributed by atoms with E-state index in [9.17, 15) is 29.6 Å². The maximum Gasteiger partial charge on any atom is 0.405 e. The van der Waals surface area contributed by atoms with E-state index in [4.69, 9.17) is 39.6 Å². The van der Waals surface area contributed by atoms with Crippen LogP contribution < -0.4 is 9.84 Å². The molecule has 2 fully saturated rings. The first-order valence-electron chi connectivity index (χ1n) is 16.0. The van der Waals surface area contributed by atoms with Gasteiger partial charge in [-0.3, -0.25) is 9.32 Å². The third-order valence-corrected chi connectivity index (χ3v) is 10.3. The molecular formula is C33H40ClN4O11P. The Bertz CT molecular complexity index is 1760. The molecule has 17 heteroatoms. The Morgan fingerprint density at radius 3 is 2.58 bits per heavy atom. The smallest absolute Gasteiger partial charge is 0.405 e. The summed E-state index contributed by atoms with van der Waals surface area (Å²) in [4.78, 5) is 28.7. The number of fused-ring (bicyclic) bond motifs is 1. The molecule has 0 amide bonds. The molecule has 50 heavy (non-hydrogen) atoms. The summed E-state index contributed by atoms with van der Waals surface area (Å²) in [5, 5.41) is 35.8. The lowest BCUT2D eigenvalue weighted by Gasteiger charge is -2.22. The van der Waals surface area contributed by atoms with Crippen molar-refractivity contribution >= 4 is 47.9 Å². The number of anilines is 1. The normalized spacial score (nSPS) is 22.2. The summed E-state index contributed by atoms with van der Waals surface area (Å²) >= 11 is 6.44. The lowest BCUT2D eigenvalue weighted by atomic mass is 9.95. The van der Waals surface area contributed by atoms with Crippen LogP contribution in [0.2, 0.25) is 5.15 Å². The molecule has 1 saturated carbocycles. The van der Waals surface area contributed by atoms with Crippen LogP contribution in [0, 0.1) is 16.7 Å². The predicted molar refractivity (Wildman–Crippen MR) is 179 cm³/mol. The number of rotatable bonds is 15. The predicted octanol–water partition coefficient (Wildman–Crippen LogP) is 4.54. The summed E-state index contributed by atoms with van der Waals surface area (Å²) in [6.45, 7) is 1.63. The molecule has 270 valence electrons.